The monoisotopic (exact) mass is 519 g/mol. The van der Waals surface area contributed by atoms with E-state index in [4.69, 9.17) is 0 Å². The summed E-state index contributed by atoms with van der Waals surface area (Å²) in [5.41, 5.74) is 1.56. The Morgan fingerprint density at radius 3 is 2.21 bits per heavy atom. The van der Waals surface area contributed by atoms with Gasteiger partial charge in [-0.3, -0.25) is 9.59 Å². The van der Waals surface area contributed by atoms with Crippen LogP contribution in [0.15, 0.2) is 94.3 Å². The fourth-order valence-electron chi connectivity index (χ4n) is 3.44. The molecule has 0 atom stereocenters. The SMILES string of the molecule is O=C(CSc1cccc(NC(=O)c2cccc3cccc(C(=O)O)c23)c1)c1ccc(Br)cc1. The predicted octanol–water partition coefficient (Wildman–Crippen LogP) is 6.53. The number of carbonyl (C=O) groups excluding carboxylic acids is 2. The number of fused-ring (bicyclic) bond motifs is 1. The number of carboxylic acids is 1. The highest BCUT2D eigenvalue weighted by Gasteiger charge is 2.17. The molecule has 0 aliphatic heterocycles. The molecule has 5 nitrogen and oxygen atoms in total. The van der Waals surface area contributed by atoms with Gasteiger partial charge in [0.25, 0.3) is 5.91 Å². The van der Waals surface area contributed by atoms with Crippen LogP contribution in [-0.2, 0) is 0 Å². The summed E-state index contributed by atoms with van der Waals surface area (Å²) in [5, 5.41) is 13.5. The lowest BCUT2D eigenvalue weighted by Crippen LogP contribution is -2.13. The molecule has 0 aliphatic rings. The largest absolute Gasteiger partial charge is 0.478 e. The molecular weight excluding hydrogens is 502 g/mol. The minimum Gasteiger partial charge on any atom is -0.478 e. The van der Waals surface area contributed by atoms with Crippen LogP contribution in [0.25, 0.3) is 10.8 Å². The predicted molar refractivity (Wildman–Crippen MR) is 134 cm³/mol. The molecule has 4 rings (SSSR count). The number of amides is 1. The number of carboxylic acid groups (broad SMARTS) is 1. The maximum atomic E-state index is 13.0. The second-order valence-electron chi connectivity index (χ2n) is 7.22. The Labute approximate surface area is 203 Å². The molecule has 0 radical (unpaired) electrons. The summed E-state index contributed by atoms with van der Waals surface area (Å²) in [6.45, 7) is 0. The topological polar surface area (TPSA) is 83.5 Å². The van der Waals surface area contributed by atoms with Crippen LogP contribution in [0.2, 0.25) is 0 Å². The van der Waals surface area contributed by atoms with Gasteiger partial charge in [-0.05, 0) is 47.9 Å². The highest BCUT2D eigenvalue weighted by atomic mass is 79.9. The Morgan fingerprint density at radius 1 is 0.848 bits per heavy atom. The standard InChI is InChI=1S/C26H18BrNO4S/c27-18-12-10-16(11-13-18)23(29)15-33-20-7-3-6-19(14-20)28-25(30)21-8-1-4-17-5-2-9-22(24(17)21)26(31)32/h1-14H,15H2,(H,28,30)(H,31,32). The zero-order chi connectivity index (χ0) is 23.4. The molecule has 0 aromatic heterocycles. The molecule has 0 spiro atoms. The van der Waals surface area contributed by atoms with Gasteiger partial charge in [0.15, 0.2) is 5.78 Å². The number of nitrogens with one attached hydrogen (secondary N) is 1. The molecule has 4 aromatic rings. The van der Waals surface area contributed by atoms with Crippen molar-refractivity contribution >= 4 is 61.8 Å². The van der Waals surface area contributed by atoms with Crippen molar-refractivity contribution in [2.24, 2.45) is 0 Å². The number of Topliss-reactive ketones (excluding diaryl/α,β-unsaturated/α-hetero) is 1. The van der Waals surface area contributed by atoms with E-state index in [1.807, 2.05) is 18.2 Å². The molecule has 2 N–H and O–H groups in total. The maximum absolute atomic E-state index is 13.0. The van der Waals surface area contributed by atoms with Gasteiger partial charge in [0.2, 0.25) is 0 Å². The quantitative estimate of drug-likeness (QED) is 0.214. The minimum atomic E-state index is -1.09. The first-order valence-corrected chi connectivity index (χ1v) is 11.8. The Bertz CT molecular complexity index is 1360. The van der Waals surface area contributed by atoms with Gasteiger partial charge < -0.3 is 10.4 Å². The Morgan fingerprint density at radius 2 is 1.52 bits per heavy atom. The lowest BCUT2D eigenvalue weighted by molar-refractivity contribution is 0.0698. The molecule has 0 aliphatic carbocycles. The van der Waals surface area contributed by atoms with Gasteiger partial charge >= 0.3 is 5.97 Å². The van der Waals surface area contributed by atoms with Crippen LogP contribution < -0.4 is 5.32 Å². The van der Waals surface area contributed by atoms with Gasteiger partial charge in [-0.15, -0.1) is 11.8 Å². The van der Waals surface area contributed by atoms with E-state index in [1.165, 1.54) is 17.8 Å². The highest BCUT2D eigenvalue weighted by molar-refractivity contribution is 9.10. The van der Waals surface area contributed by atoms with E-state index in [0.29, 0.717) is 22.0 Å². The number of carbonyl (C=O) groups is 3. The molecule has 0 bridgehead atoms. The summed E-state index contributed by atoms with van der Waals surface area (Å²) in [7, 11) is 0. The molecule has 7 heteroatoms. The number of anilines is 1. The van der Waals surface area contributed by atoms with Crippen LogP contribution >= 0.6 is 27.7 Å². The van der Waals surface area contributed by atoms with E-state index < -0.39 is 11.9 Å². The fourth-order valence-corrected chi connectivity index (χ4v) is 4.55. The first-order chi connectivity index (χ1) is 15.9. The Balaban J connectivity index is 1.51. The summed E-state index contributed by atoms with van der Waals surface area (Å²) >= 11 is 4.74. The summed E-state index contributed by atoms with van der Waals surface area (Å²) in [6, 6.07) is 24.5. The first kappa shape index (κ1) is 22.8. The van der Waals surface area contributed by atoms with Crippen molar-refractivity contribution in [3.63, 3.8) is 0 Å². The molecule has 0 unspecified atom stereocenters. The molecule has 33 heavy (non-hydrogen) atoms. The van der Waals surface area contributed by atoms with Crippen LogP contribution in [0.3, 0.4) is 0 Å². The summed E-state index contributed by atoms with van der Waals surface area (Å²) < 4.78 is 0.914. The van der Waals surface area contributed by atoms with Crippen molar-refractivity contribution in [2.75, 3.05) is 11.1 Å². The van der Waals surface area contributed by atoms with E-state index in [2.05, 4.69) is 21.2 Å². The molecule has 0 fully saturated rings. The van der Waals surface area contributed by atoms with Crippen LogP contribution in [0, 0.1) is 0 Å². The molecule has 0 saturated carbocycles. The number of halogens is 1. The van der Waals surface area contributed by atoms with Gasteiger partial charge in [-0.1, -0.05) is 58.4 Å². The third-order valence-electron chi connectivity index (χ3n) is 5.01. The van der Waals surface area contributed by atoms with Crippen molar-refractivity contribution in [3.05, 3.63) is 106 Å². The number of benzene rings is 4. The number of hydrogen-bond acceptors (Lipinski definition) is 4. The van der Waals surface area contributed by atoms with E-state index in [-0.39, 0.29) is 22.7 Å². The molecule has 4 aromatic carbocycles. The third kappa shape index (κ3) is 5.32. The number of ketones is 1. The number of thioether (sulfide) groups is 1. The van der Waals surface area contributed by atoms with Crippen LogP contribution in [0.1, 0.15) is 31.1 Å². The van der Waals surface area contributed by atoms with E-state index in [1.54, 1.807) is 60.7 Å². The second kappa shape index (κ2) is 10.0. The lowest BCUT2D eigenvalue weighted by atomic mass is 9.98. The van der Waals surface area contributed by atoms with Crippen molar-refractivity contribution in [1.82, 2.24) is 0 Å². The zero-order valence-electron chi connectivity index (χ0n) is 17.2. The number of aromatic carboxylic acids is 1. The van der Waals surface area contributed by atoms with E-state index in [9.17, 15) is 19.5 Å². The minimum absolute atomic E-state index is 0.0129. The Hall–Kier alpha value is -3.42. The first-order valence-electron chi connectivity index (χ1n) is 10.0. The summed E-state index contributed by atoms with van der Waals surface area (Å²) in [6.07, 6.45) is 0. The van der Waals surface area contributed by atoms with Crippen LogP contribution in [-0.4, -0.2) is 28.5 Å². The number of hydrogen-bond donors (Lipinski definition) is 2. The molecule has 0 heterocycles. The van der Waals surface area contributed by atoms with E-state index >= 15 is 0 Å². The van der Waals surface area contributed by atoms with Crippen LogP contribution in [0.5, 0.6) is 0 Å². The second-order valence-corrected chi connectivity index (χ2v) is 9.18. The summed E-state index contributed by atoms with van der Waals surface area (Å²) in [5.74, 6) is -1.21. The van der Waals surface area contributed by atoms with Crippen molar-refractivity contribution < 1.29 is 19.5 Å². The highest BCUT2D eigenvalue weighted by Crippen LogP contribution is 2.26. The lowest BCUT2D eigenvalue weighted by Gasteiger charge is -2.11. The average Bonchev–Trinajstić information content (AvgIpc) is 2.82. The van der Waals surface area contributed by atoms with E-state index in [0.717, 1.165) is 9.37 Å². The van der Waals surface area contributed by atoms with Crippen molar-refractivity contribution in [2.45, 2.75) is 4.90 Å². The van der Waals surface area contributed by atoms with Crippen molar-refractivity contribution in [1.29, 1.82) is 0 Å². The molecule has 0 saturated heterocycles. The van der Waals surface area contributed by atoms with Crippen molar-refractivity contribution in [3.8, 4) is 0 Å². The molecule has 1 amide bonds. The summed E-state index contributed by atoms with van der Waals surface area (Å²) in [4.78, 5) is 38.0. The molecular formula is C26H18BrNO4S. The zero-order valence-corrected chi connectivity index (χ0v) is 19.7. The fraction of sp³-hybridized carbons (Fsp3) is 0.0385. The maximum Gasteiger partial charge on any atom is 0.336 e. The normalized spacial score (nSPS) is 10.7. The van der Waals surface area contributed by atoms with Gasteiger partial charge in [0.1, 0.15) is 0 Å². The number of rotatable bonds is 7. The molecule has 164 valence electrons. The van der Waals surface area contributed by atoms with Crippen LogP contribution in [0.4, 0.5) is 5.69 Å². The van der Waals surface area contributed by atoms with Gasteiger partial charge in [-0.25, -0.2) is 4.79 Å². The third-order valence-corrected chi connectivity index (χ3v) is 6.53. The van der Waals surface area contributed by atoms with Gasteiger partial charge in [0, 0.05) is 31.6 Å². The Kier molecular flexibility index (Phi) is 6.91. The average molecular weight is 520 g/mol. The van der Waals surface area contributed by atoms with Gasteiger partial charge in [-0.2, -0.15) is 0 Å². The van der Waals surface area contributed by atoms with Gasteiger partial charge in [0.05, 0.1) is 11.3 Å². The smallest absolute Gasteiger partial charge is 0.336 e.